The van der Waals surface area contributed by atoms with Crippen molar-refractivity contribution in [2.45, 2.75) is 12.6 Å². The molecule has 1 aromatic heterocycles. The zero-order valence-corrected chi connectivity index (χ0v) is 12.2. The summed E-state index contributed by atoms with van der Waals surface area (Å²) in [6.07, 6.45) is -4.65. The van der Waals surface area contributed by atoms with Crippen LogP contribution in [-0.4, -0.2) is 4.98 Å². The van der Waals surface area contributed by atoms with Crippen LogP contribution in [0, 0.1) is 11.3 Å². The number of nitrogens with zero attached hydrogens (tertiary/aromatic N) is 1. The molecule has 2 rings (SSSR count). The van der Waals surface area contributed by atoms with Crippen LogP contribution in [0.2, 0.25) is 5.02 Å². The van der Waals surface area contributed by atoms with E-state index in [0.29, 0.717) is 10.6 Å². The molecule has 0 radical (unpaired) electrons. The van der Waals surface area contributed by atoms with Gasteiger partial charge in [0.1, 0.15) is 5.69 Å². The van der Waals surface area contributed by atoms with Crippen molar-refractivity contribution < 1.29 is 13.2 Å². The van der Waals surface area contributed by atoms with Crippen molar-refractivity contribution in [1.82, 2.24) is 4.98 Å². The molecule has 104 valence electrons. The third-order valence-electron chi connectivity index (χ3n) is 2.71. The molecule has 0 amide bonds. The first-order valence-electron chi connectivity index (χ1n) is 5.45. The second-order valence-electron chi connectivity index (χ2n) is 4.01. The third kappa shape index (κ3) is 2.84. The summed E-state index contributed by atoms with van der Waals surface area (Å²) in [5, 5.41) is 9.27. The molecule has 0 atom stereocenters. The van der Waals surface area contributed by atoms with Crippen LogP contribution in [0.5, 0.6) is 0 Å². The zero-order chi connectivity index (χ0) is 14.9. The topological polar surface area (TPSA) is 39.6 Å². The molecule has 1 heterocycles. The SMILES string of the molecule is N#CCc1c(-c2ccc(Cl)cc2)[nH]c(C(F)(F)F)c1Br. The summed E-state index contributed by atoms with van der Waals surface area (Å²) < 4.78 is 38.6. The molecule has 0 fully saturated rings. The van der Waals surface area contributed by atoms with Gasteiger partial charge in [0.15, 0.2) is 0 Å². The Morgan fingerprint density at radius 2 is 1.85 bits per heavy atom. The number of alkyl halides is 3. The average Bonchev–Trinajstić information content (AvgIpc) is 2.69. The number of aromatic amines is 1. The van der Waals surface area contributed by atoms with Crippen molar-refractivity contribution in [1.29, 1.82) is 5.26 Å². The van der Waals surface area contributed by atoms with Crippen molar-refractivity contribution in [2.24, 2.45) is 0 Å². The zero-order valence-electron chi connectivity index (χ0n) is 9.85. The maximum absolute atomic E-state index is 12.9. The van der Waals surface area contributed by atoms with Gasteiger partial charge in [-0.1, -0.05) is 23.7 Å². The van der Waals surface area contributed by atoms with E-state index in [-0.39, 0.29) is 22.2 Å². The Kier molecular flexibility index (Phi) is 4.11. The molecule has 0 aliphatic rings. The number of nitriles is 1. The first-order chi connectivity index (χ1) is 9.34. The minimum atomic E-state index is -4.52. The highest BCUT2D eigenvalue weighted by atomic mass is 79.9. The number of nitrogens with one attached hydrogen (secondary N) is 1. The minimum Gasteiger partial charge on any atom is -0.350 e. The lowest BCUT2D eigenvalue weighted by atomic mass is 10.1. The van der Waals surface area contributed by atoms with E-state index in [4.69, 9.17) is 16.9 Å². The summed E-state index contributed by atoms with van der Waals surface area (Å²) >= 11 is 8.68. The lowest BCUT2D eigenvalue weighted by Crippen LogP contribution is -2.06. The van der Waals surface area contributed by atoms with Gasteiger partial charge in [0.2, 0.25) is 0 Å². The Hall–Kier alpha value is -1.45. The van der Waals surface area contributed by atoms with Crippen molar-refractivity contribution in [2.75, 3.05) is 0 Å². The second-order valence-corrected chi connectivity index (χ2v) is 5.24. The summed E-state index contributed by atoms with van der Waals surface area (Å²) in [7, 11) is 0. The number of H-pyrrole nitrogens is 1. The Bertz CT molecular complexity index is 669. The molecule has 2 aromatic rings. The molecule has 0 bridgehead atoms. The van der Waals surface area contributed by atoms with Gasteiger partial charge < -0.3 is 4.98 Å². The van der Waals surface area contributed by atoms with E-state index in [1.165, 1.54) is 0 Å². The van der Waals surface area contributed by atoms with Crippen LogP contribution in [0.1, 0.15) is 11.3 Å². The molecule has 0 saturated heterocycles. The summed E-state index contributed by atoms with van der Waals surface area (Å²) in [5.74, 6) is 0. The fourth-order valence-electron chi connectivity index (χ4n) is 1.82. The summed E-state index contributed by atoms with van der Waals surface area (Å²) in [6, 6.07) is 8.22. The van der Waals surface area contributed by atoms with Gasteiger partial charge in [-0.3, -0.25) is 0 Å². The Balaban J connectivity index is 2.63. The highest BCUT2D eigenvalue weighted by molar-refractivity contribution is 9.10. The van der Waals surface area contributed by atoms with E-state index < -0.39 is 11.9 Å². The van der Waals surface area contributed by atoms with E-state index in [0.717, 1.165) is 0 Å². The van der Waals surface area contributed by atoms with Gasteiger partial charge in [-0.05, 0) is 33.6 Å². The van der Waals surface area contributed by atoms with Crippen LogP contribution in [0.3, 0.4) is 0 Å². The lowest BCUT2D eigenvalue weighted by Gasteiger charge is -2.04. The molecular weight excluding hydrogens is 357 g/mol. The standard InChI is InChI=1S/C13H7BrClF3N2/c14-10-9(5-6-19)11(20-12(10)13(16,17)18)7-1-3-8(15)4-2-7/h1-4,20H,5H2. The van der Waals surface area contributed by atoms with Crippen molar-refractivity contribution >= 4 is 27.5 Å². The van der Waals surface area contributed by atoms with Crippen LogP contribution in [0.25, 0.3) is 11.3 Å². The summed E-state index contributed by atoms with van der Waals surface area (Å²) in [6.45, 7) is 0. The highest BCUT2D eigenvalue weighted by Crippen LogP contribution is 2.40. The van der Waals surface area contributed by atoms with Crippen molar-refractivity contribution in [3.8, 4) is 17.3 Å². The van der Waals surface area contributed by atoms with Gasteiger partial charge in [-0.2, -0.15) is 18.4 Å². The van der Waals surface area contributed by atoms with Crippen LogP contribution in [0.4, 0.5) is 13.2 Å². The van der Waals surface area contributed by atoms with Crippen LogP contribution < -0.4 is 0 Å². The largest absolute Gasteiger partial charge is 0.432 e. The number of hydrogen-bond donors (Lipinski definition) is 1. The minimum absolute atomic E-state index is 0.128. The molecule has 0 spiro atoms. The Morgan fingerprint density at radius 1 is 1.25 bits per heavy atom. The van der Waals surface area contributed by atoms with Gasteiger partial charge >= 0.3 is 6.18 Å². The number of halogens is 5. The predicted molar refractivity (Wildman–Crippen MR) is 73.3 cm³/mol. The quantitative estimate of drug-likeness (QED) is 0.784. The average molecular weight is 364 g/mol. The predicted octanol–water partition coefficient (Wildman–Crippen LogP) is 5.18. The lowest BCUT2D eigenvalue weighted by molar-refractivity contribution is -0.141. The maximum atomic E-state index is 12.9. The number of benzene rings is 1. The molecule has 1 N–H and O–H groups in total. The van der Waals surface area contributed by atoms with Gasteiger partial charge in [0, 0.05) is 10.6 Å². The first-order valence-corrected chi connectivity index (χ1v) is 6.62. The highest BCUT2D eigenvalue weighted by Gasteiger charge is 2.37. The van der Waals surface area contributed by atoms with Crippen LogP contribution >= 0.6 is 27.5 Å². The fraction of sp³-hybridized carbons (Fsp3) is 0.154. The smallest absolute Gasteiger partial charge is 0.350 e. The van der Waals surface area contributed by atoms with Crippen molar-refractivity contribution in [3.05, 3.63) is 45.0 Å². The van der Waals surface area contributed by atoms with Crippen LogP contribution in [0.15, 0.2) is 28.7 Å². The van der Waals surface area contributed by atoms with Crippen LogP contribution in [-0.2, 0) is 12.6 Å². The molecule has 0 saturated carbocycles. The third-order valence-corrected chi connectivity index (χ3v) is 3.84. The molecule has 0 unspecified atom stereocenters. The summed E-state index contributed by atoms with van der Waals surface area (Å²) in [5.41, 5.74) is 0.188. The van der Waals surface area contributed by atoms with Gasteiger partial charge in [0.25, 0.3) is 0 Å². The maximum Gasteiger partial charge on any atom is 0.432 e. The molecule has 0 aliphatic heterocycles. The molecular formula is C13H7BrClF3N2. The second kappa shape index (κ2) is 5.51. The van der Waals surface area contributed by atoms with E-state index in [1.54, 1.807) is 24.3 Å². The Morgan fingerprint density at radius 3 is 2.35 bits per heavy atom. The van der Waals surface area contributed by atoms with E-state index in [2.05, 4.69) is 20.9 Å². The summed E-state index contributed by atoms with van der Waals surface area (Å²) in [4.78, 5) is 2.34. The number of rotatable bonds is 2. The molecule has 0 aliphatic carbocycles. The Labute approximate surface area is 126 Å². The number of hydrogen-bond acceptors (Lipinski definition) is 1. The molecule has 20 heavy (non-hydrogen) atoms. The molecule has 2 nitrogen and oxygen atoms in total. The monoisotopic (exact) mass is 362 g/mol. The molecule has 1 aromatic carbocycles. The first kappa shape index (κ1) is 14.9. The van der Waals surface area contributed by atoms with Gasteiger partial charge in [-0.15, -0.1) is 0 Å². The fourth-order valence-corrected chi connectivity index (χ4v) is 2.61. The number of aromatic nitrogens is 1. The molecule has 7 heteroatoms. The normalized spacial score (nSPS) is 11.4. The van der Waals surface area contributed by atoms with E-state index in [9.17, 15) is 13.2 Å². The van der Waals surface area contributed by atoms with Gasteiger partial charge in [-0.25, -0.2) is 0 Å². The van der Waals surface area contributed by atoms with E-state index >= 15 is 0 Å². The van der Waals surface area contributed by atoms with Crippen molar-refractivity contribution in [3.63, 3.8) is 0 Å². The van der Waals surface area contributed by atoms with E-state index in [1.807, 2.05) is 6.07 Å². The van der Waals surface area contributed by atoms with Gasteiger partial charge in [0.05, 0.1) is 22.7 Å².